The first-order valence-electron chi connectivity index (χ1n) is 9.60. The van der Waals surface area contributed by atoms with E-state index in [1.807, 2.05) is 43.0 Å². The normalized spacial score (nSPS) is 14.5. The smallest absolute Gasteiger partial charge is 0.260 e. The summed E-state index contributed by atoms with van der Waals surface area (Å²) in [6.07, 6.45) is 0. The number of carbonyl (C=O) groups is 1. The number of hydrogen-bond donors (Lipinski definition) is 0. The molecule has 150 valence electrons. The van der Waals surface area contributed by atoms with Crippen molar-refractivity contribution in [2.24, 2.45) is 0 Å². The molecule has 0 aliphatic carbocycles. The number of piperazine rings is 1. The van der Waals surface area contributed by atoms with Gasteiger partial charge in [0.05, 0.1) is 4.47 Å². The zero-order valence-electron chi connectivity index (χ0n) is 16.9. The Morgan fingerprint density at radius 1 is 1.14 bits per heavy atom. The van der Waals surface area contributed by atoms with Gasteiger partial charge in [-0.05, 0) is 47.5 Å². The monoisotopic (exact) mass is 446 g/mol. The molecular weight excluding hydrogens is 420 g/mol. The molecule has 6 nitrogen and oxygen atoms in total. The van der Waals surface area contributed by atoms with Gasteiger partial charge in [0.25, 0.3) is 5.91 Å². The molecule has 0 radical (unpaired) electrons. The fourth-order valence-corrected chi connectivity index (χ4v) is 3.74. The van der Waals surface area contributed by atoms with Gasteiger partial charge in [0.2, 0.25) is 0 Å². The molecule has 1 aliphatic rings. The molecule has 0 saturated carbocycles. The average molecular weight is 447 g/mol. The van der Waals surface area contributed by atoms with Crippen molar-refractivity contribution in [3.8, 4) is 5.75 Å². The summed E-state index contributed by atoms with van der Waals surface area (Å²) in [5.74, 6) is 2.80. The van der Waals surface area contributed by atoms with Crippen LogP contribution >= 0.6 is 15.9 Å². The zero-order valence-corrected chi connectivity index (χ0v) is 18.5. The summed E-state index contributed by atoms with van der Waals surface area (Å²) in [6, 6.07) is 7.85. The molecule has 3 rings (SSSR count). The lowest BCUT2D eigenvalue weighted by Crippen LogP contribution is -2.50. The molecule has 1 aliphatic heterocycles. The topological polar surface area (TPSA) is 58.6 Å². The molecule has 0 N–H and O–H groups in total. The molecular formula is C21H27BrN4O2. The number of halogens is 1. The van der Waals surface area contributed by atoms with Crippen molar-refractivity contribution in [2.75, 3.05) is 37.7 Å². The number of ether oxygens (including phenoxy) is 1. The van der Waals surface area contributed by atoms with Crippen molar-refractivity contribution in [1.82, 2.24) is 14.9 Å². The molecule has 0 atom stereocenters. The molecule has 0 spiro atoms. The first-order valence-corrected chi connectivity index (χ1v) is 10.4. The van der Waals surface area contributed by atoms with E-state index >= 15 is 0 Å². The van der Waals surface area contributed by atoms with E-state index in [1.165, 1.54) is 0 Å². The van der Waals surface area contributed by atoms with Gasteiger partial charge in [-0.3, -0.25) is 4.79 Å². The maximum Gasteiger partial charge on any atom is 0.260 e. The van der Waals surface area contributed by atoms with Crippen LogP contribution in [-0.4, -0.2) is 53.6 Å². The molecule has 2 aromatic rings. The molecule has 1 amide bonds. The van der Waals surface area contributed by atoms with E-state index in [0.29, 0.717) is 24.8 Å². The second-order valence-electron chi connectivity index (χ2n) is 7.47. The summed E-state index contributed by atoms with van der Waals surface area (Å²) in [4.78, 5) is 25.8. The van der Waals surface area contributed by atoms with Crippen LogP contribution in [0.5, 0.6) is 5.75 Å². The summed E-state index contributed by atoms with van der Waals surface area (Å²) in [7, 11) is 0. The number of rotatable bonds is 5. The minimum absolute atomic E-state index is 0.00821. The van der Waals surface area contributed by atoms with E-state index in [0.717, 1.165) is 40.5 Å². The van der Waals surface area contributed by atoms with Gasteiger partial charge in [-0.1, -0.05) is 19.9 Å². The zero-order chi connectivity index (χ0) is 20.3. The van der Waals surface area contributed by atoms with E-state index in [1.54, 1.807) is 0 Å². The van der Waals surface area contributed by atoms with E-state index in [2.05, 4.69) is 39.7 Å². The highest BCUT2D eigenvalue weighted by molar-refractivity contribution is 9.10. The number of anilines is 1. The molecule has 7 heteroatoms. The molecule has 2 heterocycles. The Morgan fingerprint density at radius 3 is 2.50 bits per heavy atom. The van der Waals surface area contributed by atoms with Crippen LogP contribution in [0.4, 0.5) is 5.82 Å². The standard InChI is InChI=1S/C21H27BrN4O2/c1-14(2)21-23-16(4)12-19(24-21)25-7-9-26(10-8-25)20(27)13-28-18-6-5-15(3)11-17(18)22/h5-6,11-12,14H,7-10,13H2,1-4H3. The van der Waals surface area contributed by atoms with Gasteiger partial charge in [0.1, 0.15) is 17.4 Å². The lowest BCUT2D eigenvalue weighted by molar-refractivity contribution is -0.133. The molecule has 1 fully saturated rings. The third kappa shape index (κ3) is 5.01. The number of aryl methyl sites for hydroxylation is 2. The van der Waals surface area contributed by atoms with Crippen LogP contribution in [0, 0.1) is 13.8 Å². The van der Waals surface area contributed by atoms with Crippen molar-refractivity contribution in [3.63, 3.8) is 0 Å². The van der Waals surface area contributed by atoms with Gasteiger partial charge >= 0.3 is 0 Å². The highest BCUT2D eigenvalue weighted by Crippen LogP contribution is 2.26. The fraction of sp³-hybridized carbons (Fsp3) is 0.476. The summed E-state index contributed by atoms with van der Waals surface area (Å²) in [6.45, 7) is 11.1. The van der Waals surface area contributed by atoms with Crippen molar-refractivity contribution in [3.05, 3.63) is 45.8 Å². The minimum Gasteiger partial charge on any atom is -0.483 e. The van der Waals surface area contributed by atoms with Gasteiger partial charge in [0, 0.05) is 43.9 Å². The fourth-order valence-electron chi connectivity index (χ4n) is 3.13. The molecule has 1 saturated heterocycles. The maximum absolute atomic E-state index is 12.5. The Morgan fingerprint density at radius 2 is 1.86 bits per heavy atom. The number of hydrogen-bond acceptors (Lipinski definition) is 5. The number of aromatic nitrogens is 2. The summed E-state index contributed by atoms with van der Waals surface area (Å²) < 4.78 is 6.57. The van der Waals surface area contributed by atoms with Crippen molar-refractivity contribution in [2.45, 2.75) is 33.6 Å². The minimum atomic E-state index is 0.00821. The van der Waals surface area contributed by atoms with Crippen LogP contribution in [0.1, 0.15) is 36.8 Å². The highest BCUT2D eigenvalue weighted by Gasteiger charge is 2.23. The number of amides is 1. The van der Waals surface area contributed by atoms with Gasteiger partial charge in [-0.2, -0.15) is 0 Å². The maximum atomic E-state index is 12.5. The first-order chi connectivity index (χ1) is 13.3. The second-order valence-corrected chi connectivity index (χ2v) is 8.33. The number of carbonyl (C=O) groups excluding carboxylic acids is 1. The Balaban J connectivity index is 1.55. The summed E-state index contributed by atoms with van der Waals surface area (Å²) >= 11 is 3.48. The first kappa shape index (κ1) is 20.6. The lowest BCUT2D eigenvalue weighted by Gasteiger charge is -2.35. The Hall–Kier alpha value is -2.15. The third-order valence-corrected chi connectivity index (χ3v) is 5.39. The van der Waals surface area contributed by atoms with Gasteiger partial charge in [-0.25, -0.2) is 9.97 Å². The second kappa shape index (κ2) is 8.90. The van der Waals surface area contributed by atoms with E-state index < -0.39 is 0 Å². The summed E-state index contributed by atoms with van der Waals surface area (Å²) in [5, 5.41) is 0. The molecule has 28 heavy (non-hydrogen) atoms. The Kier molecular flexibility index (Phi) is 6.54. The molecule has 1 aromatic heterocycles. The number of benzene rings is 1. The SMILES string of the molecule is Cc1ccc(OCC(=O)N2CCN(c3cc(C)nc(C(C)C)n3)CC2)c(Br)c1. The van der Waals surface area contributed by atoms with E-state index in [-0.39, 0.29) is 12.5 Å². The van der Waals surface area contributed by atoms with Crippen LogP contribution in [0.3, 0.4) is 0 Å². The van der Waals surface area contributed by atoms with E-state index in [9.17, 15) is 4.79 Å². The molecule has 0 bridgehead atoms. The van der Waals surface area contributed by atoms with Crippen molar-refractivity contribution in [1.29, 1.82) is 0 Å². The van der Waals surface area contributed by atoms with Crippen LogP contribution < -0.4 is 9.64 Å². The third-order valence-electron chi connectivity index (χ3n) is 4.77. The quantitative estimate of drug-likeness (QED) is 0.700. The molecule has 0 unspecified atom stereocenters. The number of nitrogens with zero attached hydrogens (tertiary/aromatic N) is 4. The Labute approximate surface area is 175 Å². The van der Waals surface area contributed by atoms with Crippen LogP contribution in [0.25, 0.3) is 0 Å². The predicted molar refractivity (Wildman–Crippen MR) is 114 cm³/mol. The summed E-state index contributed by atoms with van der Waals surface area (Å²) in [5.41, 5.74) is 2.12. The van der Waals surface area contributed by atoms with Crippen LogP contribution in [-0.2, 0) is 4.79 Å². The van der Waals surface area contributed by atoms with E-state index in [4.69, 9.17) is 9.72 Å². The van der Waals surface area contributed by atoms with Crippen LogP contribution in [0.2, 0.25) is 0 Å². The predicted octanol–water partition coefficient (Wildman–Crippen LogP) is 3.71. The Bertz CT molecular complexity index is 848. The van der Waals surface area contributed by atoms with Gasteiger partial charge < -0.3 is 14.5 Å². The van der Waals surface area contributed by atoms with Gasteiger partial charge in [0.15, 0.2) is 6.61 Å². The largest absolute Gasteiger partial charge is 0.483 e. The molecule has 1 aromatic carbocycles. The van der Waals surface area contributed by atoms with Crippen molar-refractivity contribution < 1.29 is 9.53 Å². The lowest BCUT2D eigenvalue weighted by atomic mass is 10.2. The van der Waals surface area contributed by atoms with Gasteiger partial charge in [-0.15, -0.1) is 0 Å². The average Bonchev–Trinajstić information content (AvgIpc) is 2.66. The van der Waals surface area contributed by atoms with Crippen LogP contribution in [0.15, 0.2) is 28.7 Å². The highest BCUT2D eigenvalue weighted by atomic mass is 79.9. The van der Waals surface area contributed by atoms with Crippen molar-refractivity contribution >= 4 is 27.7 Å².